The van der Waals surface area contributed by atoms with Gasteiger partial charge in [-0.1, -0.05) is 11.3 Å². The number of thiazole rings is 1. The van der Waals surface area contributed by atoms with Crippen molar-refractivity contribution in [2.24, 2.45) is 0 Å². The van der Waals surface area contributed by atoms with Gasteiger partial charge in [-0.15, -0.1) is 0 Å². The summed E-state index contributed by atoms with van der Waals surface area (Å²) in [6.07, 6.45) is 2.26. The molecule has 0 spiro atoms. The Hall–Kier alpha value is -1.35. The van der Waals surface area contributed by atoms with Gasteiger partial charge in [0, 0.05) is 26.2 Å². The van der Waals surface area contributed by atoms with Crippen LogP contribution in [0.5, 0.6) is 0 Å². The normalized spacial score (nSPS) is 21.7. The predicted molar refractivity (Wildman–Crippen MR) is 82.5 cm³/mol. The summed E-state index contributed by atoms with van der Waals surface area (Å²) in [6.45, 7) is 2.36. The molecule has 0 radical (unpaired) electrons. The average Bonchev–Trinajstić information content (AvgIpc) is 3.07. The van der Waals surface area contributed by atoms with E-state index in [9.17, 15) is 13.2 Å². The Morgan fingerprint density at radius 3 is 2.38 bits per heavy atom. The molecule has 2 aliphatic heterocycles. The number of hydrogen-bond acceptors (Lipinski definition) is 7. The highest BCUT2D eigenvalue weighted by molar-refractivity contribution is 7.91. The van der Waals surface area contributed by atoms with Crippen molar-refractivity contribution in [1.82, 2.24) is 9.88 Å². The Morgan fingerprint density at radius 1 is 1.14 bits per heavy atom. The molecular formula is C12H18N4O3S2. The van der Waals surface area contributed by atoms with Crippen molar-refractivity contribution in [3.05, 3.63) is 4.88 Å². The fourth-order valence-corrected chi connectivity index (χ4v) is 4.78. The van der Waals surface area contributed by atoms with Gasteiger partial charge in [0.05, 0.1) is 11.5 Å². The van der Waals surface area contributed by atoms with E-state index in [4.69, 9.17) is 5.73 Å². The van der Waals surface area contributed by atoms with Gasteiger partial charge in [0.2, 0.25) is 0 Å². The van der Waals surface area contributed by atoms with E-state index in [1.807, 2.05) is 0 Å². The fourth-order valence-electron chi connectivity index (χ4n) is 2.58. The fraction of sp³-hybridized carbons (Fsp3) is 0.667. The Morgan fingerprint density at radius 2 is 1.76 bits per heavy atom. The molecule has 2 fully saturated rings. The van der Waals surface area contributed by atoms with Crippen LogP contribution in [-0.4, -0.2) is 61.9 Å². The smallest absolute Gasteiger partial charge is 0.267 e. The number of carbonyl (C=O) groups excluding carboxylic acids is 1. The van der Waals surface area contributed by atoms with E-state index in [1.54, 1.807) is 4.90 Å². The number of anilines is 2. The van der Waals surface area contributed by atoms with Crippen LogP contribution in [0.4, 0.5) is 10.9 Å². The minimum atomic E-state index is -2.99. The summed E-state index contributed by atoms with van der Waals surface area (Å²) < 4.78 is 22.8. The summed E-state index contributed by atoms with van der Waals surface area (Å²) in [6, 6.07) is 0. The zero-order valence-corrected chi connectivity index (χ0v) is 13.3. The summed E-state index contributed by atoms with van der Waals surface area (Å²) in [5.41, 5.74) is 5.88. The second kappa shape index (κ2) is 5.45. The lowest BCUT2D eigenvalue weighted by atomic mass is 10.4. The van der Waals surface area contributed by atoms with Gasteiger partial charge in [0.1, 0.15) is 10.7 Å². The quantitative estimate of drug-likeness (QED) is 0.832. The molecule has 1 amide bonds. The third-order valence-electron chi connectivity index (χ3n) is 3.84. The Kier molecular flexibility index (Phi) is 3.78. The van der Waals surface area contributed by atoms with Gasteiger partial charge >= 0.3 is 0 Å². The largest absolute Gasteiger partial charge is 0.382 e. The standard InChI is InChI=1S/C12H18N4O3S2/c13-10-9(20-12(14-10)16-3-1-2-4-16)11(17)15-5-7-21(18,19)8-6-15/h1-8,13H2. The van der Waals surface area contributed by atoms with E-state index in [2.05, 4.69) is 9.88 Å². The first-order valence-corrected chi connectivity index (χ1v) is 9.61. The number of carbonyl (C=O) groups is 1. The number of rotatable bonds is 2. The van der Waals surface area contributed by atoms with Gasteiger partial charge in [0.25, 0.3) is 5.91 Å². The molecule has 7 nitrogen and oxygen atoms in total. The lowest BCUT2D eigenvalue weighted by Crippen LogP contribution is -2.43. The maximum absolute atomic E-state index is 12.5. The van der Waals surface area contributed by atoms with Crippen LogP contribution >= 0.6 is 11.3 Å². The first kappa shape index (κ1) is 14.6. The van der Waals surface area contributed by atoms with Crippen molar-refractivity contribution in [2.45, 2.75) is 12.8 Å². The number of sulfone groups is 1. The molecule has 0 aliphatic carbocycles. The summed E-state index contributed by atoms with van der Waals surface area (Å²) >= 11 is 1.31. The predicted octanol–water partition coefficient (Wildman–Crippen LogP) is 0.196. The summed E-state index contributed by atoms with van der Waals surface area (Å²) in [5.74, 6) is 0.0954. The molecule has 2 aliphatic rings. The molecule has 0 aromatic carbocycles. The topological polar surface area (TPSA) is 96.6 Å². The number of nitrogens with two attached hydrogens (primary N) is 1. The van der Waals surface area contributed by atoms with Crippen LogP contribution in [0.1, 0.15) is 22.5 Å². The molecule has 1 aromatic heterocycles. The molecule has 1 aromatic rings. The number of hydrogen-bond donors (Lipinski definition) is 1. The number of aromatic nitrogens is 1. The molecule has 0 bridgehead atoms. The number of amides is 1. The van der Waals surface area contributed by atoms with Crippen molar-refractivity contribution in [1.29, 1.82) is 0 Å². The van der Waals surface area contributed by atoms with Crippen molar-refractivity contribution in [3.8, 4) is 0 Å². The molecule has 116 valence electrons. The van der Waals surface area contributed by atoms with Crippen molar-refractivity contribution >= 4 is 38.0 Å². The highest BCUT2D eigenvalue weighted by atomic mass is 32.2. The minimum absolute atomic E-state index is 0.0242. The van der Waals surface area contributed by atoms with Crippen LogP contribution in [0.2, 0.25) is 0 Å². The second-order valence-corrected chi connectivity index (χ2v) is 8.63. The molecule has 0 saturated carbocycles. The van der Waals surface area contributed by atoms with Crippen molar-refractivity contribution in [3.63, 3.8) is 0 Å². The van der Waals surface area contributed by atoms with Gasteiger partial charge < -0.3 is 15.5 Å². The van der Waals surface area contributed by atoms with E-state index in [-0.39, 0.29) is 36.3 Å². The molecule has 21 heavy (non-hydrogen) atoms. The Labute approximate surface area is 127 Å². The average molecular weight is 330 g/mol. The molecule has 0 unspecified atom stereocenters. The van der Waals surface area contributed by atoms with Crippen molar-refractivity contribution < 1.29 is 13.2 Å². The zero-order valence-electron chi connectivity index (χ0n) is 11.6. The first-order valence-electron chi connectivity index (χ1n) is 6.97. The minimum Gasteiger partial charge on any atom is -0.382 e. The van der Waals surface area contributed by atoms with Gasteiger partial charge in [-0.2, -0.15) is 0 Å². The van der Waals surface area contributed by atoms with Gasteiger partial charge in [0.15, 0.2) is 15.0 Å². The Balaban J connectivity index is 1.75. The third-order valence-corrected chi connectivity index (χ3v) is 6.57. The maximum Gasteiger partial charge on any atom is 0.267 e. The van der Waals surface area contributed by atoms with E-state index < -0.39 is 9.84 Å². The maximum atomic E-state index is 12.5. The molecule has 9 heteroatoms. The molecule has 0 atom stereocenters. The van der Waals surface area contributed by atoms with Gasteiger partial charge in [-0.25, -0.2) is 13.4 Å². The number of nitrogen functional groups attached to an aromatic ring is 1. The molecular weight excluding hydrogens is 312 g/mol. The van der Waals surface area contributed by atoms with Crippen LogP contribution < -0.4 is 10.6 Å². The lowest BCUT2D eigenvalue weighted by molar-refractivity contribution is 0.0776. The monoisotopic (exact) mass is 330 g/mol. The highest BCUT2D eigenvalue weighted by Crippen LogP contribution is 2.31. The highest BCUT2D eigenvalue weighted by Gasteiger charge is 2.29. The molecule has 3 heterocycles. The Bertz CT molecular complexity index is 635. The van der Waals surface area contributed by atoms with Crippen molar-refractivity contribution in [2.75, 3.05) is 48.3 Å². The summed E-state index contributed by atoms with van der Waals surface area (Å²) in [7, 11) is -2.99. The lowest BCUT2D eigenvalue weighted by Gasteiger charge is -2.26. The summed E-state index contributed by atoms with van der Waals surface area (Å²) in [4.78, 5) is 20.9. The van der Waals surface area contributed by atoms with Crippen LogP contribution in [0.15, 0.2) is 0 Å². The molecule has 3 rings (SSSR count). The van der Waals surface area contributed by atoms with E-state index in [0.717, 1.165) is 31.1 Å². The molecule has 2 N–H and O–H groups in total. The first-order chi connectivity index (χ1) is 9.96. The summed E-state index contributed by atoms with van der Waals surface area (Å²) in [5, 5.41) is 0.790. The molecule has 2 saturated heterocycles. The van der Waals surface area contributed by atoms with Crippen LogP contribution in [0, 0.1) is 0 Å². The van der Waals surface area contributed by atoms with E-state index in [1.165, 1.54) is 11.3 Å². The number of nitrogens with zero attached hydrogens (tertiary/aromatic N) is 3. The second-order valence-electron chi connectivity index (χ2n) is 5.35. The van der Waals surface area contributed by atoms with Gasteiger partial charge in [-0.3, -0.25) is 4.79 Å². The third kappa shape index (κ3) is 2.98. The van der Waals surface area contributed by atoms with Gasteiger partial charge in [-0.05, 0) is 12.8 Å². The van der Waals surface area contributed by atoms with E-state index >= 15 is 0 Å². The van der Waals surface area contributed by atoms with Crippen LogP contribution in [-0.2, 0) is 9.84 Å². The van der Waals surface area contributed by atoms with E-state index in [0.29, 0.717) is 4.88 Å². The van der Waals surface area contributed by atoms with Crippen LogP contribution in [0.25, 0.3) is 0 Å². The zero-order chi connectivity index (χ0) is 15.0. The van der Waals surface area contributed by atoms with Crippen LogP contribution in [0.3, 0.4) is 0 Å². The SMILES string of the molecule is Nc1nc(N2CCCC2)sc1C(=O)N1CCS(=O)(=O)CC1.